The van der Waals surface area contributed by atoms with Crippen LogP contribution >= 0.6 is 0 Å². The van der Waals surface area contributed by atoms with Gasteiger partial charge in [-0.1, -0.05) is 0 Å². The van der Waals surface area contributed by atoms with Crippen molar-refractivity contribution >= 4 is 5.78 Å². The zero-order chi connectivity index (χ0) is 9.40. The van der Waals surface area contributed by atoms with Crippen LogP contribution in [0.5, 0.6) is 0 Å². The normalized spacial score (nSPS) is 16.2. The molecule has 72 valence electrons. The van der Waals surface area contributed by atoms with Crippen molar-refractivity contribution in [3.05, 3.63) is 0 Å². The van der Waals surface area contributed by atoms with Gasteiger partial charge < -0.3 is 20.6 Å². The monoisotopic (exact) mass is 177 g/mol. The molecule has 0 aromatic heterocycles. The van der Waals surface area contributed by atoms with Crippen molar-refractivity contribution in [3.8, 4) is 0 Å². The number of hydrogen-bond donors (Lipinski definition) is 4. The number of rotatable bonds is 2. The zero-order valence-electron chi connectivity index (χ0n) is 6.86. The number of carbonyl (C=O) groups excluding carboxylic acids is 1. The molecule has 0 bridgehead atoms. The Morgan fingerprint density at radius 3 is 2.08 bits per heavy atom. The van der Waals surface area contributed by atoms with Gasteiger partial charge in [0.25, 0.3) is 0 Å². The van der Waals surface area contributed by atoms with E-state index >= 15 is 0 Å². The quantitative estimate of drug-likeness (QED) is 0.387. The summed E-state index contributed by atoms with van der Waals surface area (Å²) < 4.78 is 0. The second-order valence-electron chi connectivity index (χ2n) is 2.48. The fourth-order valence-corrected chi connectivity index (χ4v) is 0.602. The summed E-state index contributed by atoms with van der Waals surface area (Å²) in [5.74, 6) is 0.343. The topological polar surface area (TPSA) is 89.8 Å². The minimum absolute atomic E-state index is 0.343. The van der Waals surface area contributed by atoms with Crippen molar-refractivity contribution in [1.29, 1.82) is 0 Å². The van der Waals surface area contributed by atoms with Crippen molar-refractivity contribution in [2.24, 2.45) is 0 Å². The Labute approximate surface area is 71.0 Å². The minimum Gasteiger partial charge on any atom is -0.394 e. The van der Waals surface area contributed by atoms with Gasteiger partial charge in [0.15, 0.2) is 0 Å². The van der Waals surface area contributed by atoms with Gasteiger partial charge in [-0.3, -0.25) is 4.79 Å². The van der Waals surface area contributed by atoms with Gasteiger partial charge in [0.1, 0.15) is 11.9 Å². The predicted molar refractivity (Wildman–Crippen MR) is 42.7 cm³/mol. The maximum absolute atomic E-state index is 10.2. The highest BCUT2D eigenvalue weighted by atomic mass is 16.3. The van der Waals surface area contributed by atoms with Gasteiger partial charge in [-0.25, -0.2) is 0 Å². The van der Waals surface area contributed by atoms with E-state index in [0.717, 1.165) is 13.0 Å². The molecule has 0 spiro atoms. The summed E-state index contributed by atoms with van der Waals surface area (Å²) in [5, 5.41) is 26.9. The van der Waals surface area contributed by atoms with Crippen LogP contribution in [0, 0.1) is 0 Å². The van der Waals surface area contributed by atoms with Gasteiger partial charge in [-0.15, -0.1) is 0 Å². The SMILES string of the molecule is O=C1CCNC1.OCC(O)CO. The Hall–Kier alpha value is -0.490. The van der Waals surface area contributed by atoms with Crippen LogP contribution in [0.1, 0.15) is 6.42 Å². The molecule has 0 aromatic carbocycles. The Balaban J connectivity index is 0.000000202. The van der Waals surface area contributed by atoms with Crippen LogP contribution in [0.4, 0.5) is 0 Å². The van der Waals surface area contributed by atoms with Crippen LogP contribution in [0.15, 0.2) is 0 Å². The van der Waals surface area contributed by atoms with E-state index in [0.29, 0.717) is 12.3 Å². The Kier molecular flexibility index (Phi) is 6.88. The molecular weight excluding hydrogens is 162 g/mol. The molecular formula is C7H15NO4. The third-order valence-electron chi connectivity index (χ3n) is 1.32. The van der Waals surface area contributed by atoms with Crippen molar-refractivity contribution < 1.29 is 20.1 Å². The number of ketones is 1. The average Bonchev–Trinajstić information content (AvgIpc) is 2.55. The average molecular weight is 177 g/mol. The largest absolute Gasteiger partial charge is 0.394 e. The van der Waals surface area contributed by atoms with E-state index in [1.165, 1.54) is 0 Å². The van der Waals surface area contributed by atoms with Crippen LogP contribution in [-0.4, -0.2) is 53.5 Å². The molecule has 1 rings (SSSR count). The van der Waals surface area contributed by atoms with E-state index in [4.69, 9.17) is 15.3 Å². The van der Waals surface area contributed by atoms with Crippen LogP contribution in [-0.2, 0) is 4.79 Å². The molecule has 0 amide bonds. The van der Waals surface area contributed by atoms with Crippen molar-refractivity contribution in [1.82, 2.24) is 5.32 Å². The number of carbonyl (C=O) groups is 1. The van der Waals surface area contributed by atoms with Gasteiger partial charge in [0.2, 0.25) is 0 Å². The van der Waals surface area contributed by atoms with Gasteiger partial charge in [-0.2, -0.15) is 0 Å². The lowest BCUT2D eigenvalue weighted by Crippen LogP contribution is -2.15. The van der Waals surface area contributed by atoms with Crippen LogP contribution in [0.3, 0.4) is 0 Å². The fraction of sp³-hybridized carbons (Fsp3) is 0.857. The van der Waals surface area contributed by atoms with Gasteiger partial charge in [0, 0.05) is 13.0 Å². The lowest BCUT2D eigenvalue weighted by molar-refractivity contribution is -0.116. The molecule has 1 aliphatic heterocycles. The predicted octanol–water partition coefficient (Wildman–Crippen LogP) is -2.12. The molecule has 0 atom stereocenters. The summed E-state index contributed by atoms with van der Waals surface area (Å²) in [6.45, 7) is 0.756. The summed E-state index contributed by atoms with van der Waals surface area (Å²) in [5.41, 5.74) is 0. The number of Topliss-reactive ketones (excluding diaryl/α,β-unsaturated/α-hetero) is 1. The van der Waals surface area contributed by atoms with E-state index in [1.807, 2.05) is 0 Å². The molecule has 5 heteroatoms. The summed E-state index contributed by atoms with van der Waals surface area (Å²) in [7, 11) is 0. The molecule has 0 aromatic rings. The zero-order valence-corrected chi connectivity index (χ0v) is 6.86. The first-order chi connectivity index (χ1) is 5.70. The van der Waals surface area contributed by atoms with E-state index in [1.54, 1.807) is 0 Å². The lowest BCUT2D eigenvalue weighted by atomic mass is 10.4. The summed E-state index contributed by atoms with van der Waals surface area (Å²) >= 11 is 0. The van der Waals surface area contributed by atoms with E-state index in [-0.39, 0.29) is 13.2 Å². The first kappa shape index (κ1) is 11.5. The molecule has 1 saturated heterocycles. The van der Waals surface area contributed by atoms with Crippen molar-refractivity contribution in [2.75, 3.05) is 26.3 Å². The van der Waals surface area contributed by atoms with E-state index < -0.39 is 6.10 Å². The van der Waals surface area contributed by atoms with Crippen LogP contribution < -0.4 is 5.32 Å². The molecule has 0 saturated carbocycles. The number of aliphatic hydroxyl groups excluding tert-OH is 3. The van der Waals surface area contributed by atoms with E-state index in [2.05, 4.69) is 5.32 Å². The van der Waals surface area contributed by atoms with Gasteiger partial charge >= 0.3 is 0 Å². The molecule has 5 nitrogen and oxygen atoms in total. The molecule has 1 aliphatic rings. The summed E-state index contributed by atoms with van der Waals surface area (Å²) in [4.78, 5) is 10.2. The molecule has 0 radical (unpaired) electrons. The van der Waals surface area contributed by atoms with Crippen molar-refractivity contribution in [2.45, 2.75) is 12.5 Å². The fourth-order valence-electron chi connectivity index (χ4n) is 0.602. The Morgan fingerprint density at radius 2 is 2.00 bits per heavy atom. The number of aliphatic hydroxyl groups is 3. The second-order valence-corrected chi connectivity index (χ2v) is 2.48. The smallest absolute Gasteiger partial charge is 0.147 e. The number of nitrogens with one attached hydrogen (secondary N) is 1. The van der Waals surface area contributed by atoms with Crippen molar-refractivity contribution in [3.63, 3.8) is 0 Å². The molecule has 0 aliphatic carbocycles. The van der Waals surface area contributed by atoms with Gasteiger partial charge in [0.05, 0.1) is 19.8 Å². The highest BCUT2D eigenvalue weighted by Gasteiger charge is 2.06. The molecule has 1 heterocycles. The highest BCUT2D eigenvalue weighted by Crippen LogP contribution is 1.85. The standard InChI is InChI=1S/C4H7NO.C3H8O3/c6-4-1-2-5-3-4;4-1-3(6)2-5/h5H,1-3H2;3-6H,1-2H2. The first-order valence-corrected chi connectivity index (χ1v) is 3.83. The van der Waals surface area contributed by atoms with Crippen LogP contribution in [0.2, 0.25) is 0 Å². The molecule has 12 heavy (non-hydrogen) atoms. The maximum Gasteiger partial charge on any atom is 0.147 e. The van der Waals surface area contributed by atoms with Gasteiger partial charge in [-0.05, 0) is 0 Å². The van der Waals surface area contributed by atoms with E-state index in [9.17, 15) is 4.79 Å². The maximum atomic E-state index is 10.2. The third-order valence-corrected chi connectivity index (χ3v) is 1.32. The second kappa shape index (κ2) is 7.17. The Bertz CT molecular complexity index is 117. The lowest BCUT2D eigenvalue weighted by Gasteiger charge is -1.96. The molecule has 1 fully saturated rings. The molecule has 0 unspecified atom stereocenters. The molecule has 4 N–H and O–H groups in total. The Morgan fingerprint density at radius 1 is 1.42 bits per heavy atom. The summed E-state index contributed by atoms with van der Waals surface area (Å²) in [6.07, 6.45) is -0.218. The minimum atomic E-state index is -0.954. The highest BCUT2D eigenvalue weighted by molar-refractivity contribution is 5.82. The third kappa shape index (κ3) is 6.23. The van der Waals surface area contributed by atoms with Crippen LogP contribution in [0.25, 0.3) is 0 Å². The first-order valence-electron chi connectivity index (χ1n) is 3.83. The summed E-state index contributed by atoms with van der Waals surface area (Å²) in [6, 6.07) is 0. The number of hydrogen-bond acceptors (Lipinski definition) is 5.